The molecule has 0 bridgehead atoms. The van der Waals surface area contributed by atoms with Crippen molar-refractivity contribution in [3.63, 3.8) is 0 Å². The van der Waals surface area contributed by atoms with Crippen LogP contribution in [-0.4, -0.2) is 16.9 Å². The SMILES string of the molecule is Cc1ccc(N(NC(=O)[C@@](O)(c2ccccc2)c2cccs2)C(=O)c2ccccc2)cc1. The molecule has 4 aromatic rings. The minimum atomic E-state index is -1.96. The summed E-state index contributed by atoms with van der Waals surface area (Å²) in [5, 5.41) is 14.6. The molecule has 32 heavy (non-hydrogen) atoms. The van der Waals surface area contributed by atoms with Crippen LogP contribution in [0.1, 0.15) is 26.4 Å². The third kappa shape index (κ3) is 4.19. The van der Waals surface area contributed by atoms with Crippen LogP contribution in [0.4, 0.5) is 5.69 Å². The molecule has 1 heterocycles. The molecule has 0 fully saturated rings. The van der Waals surface area contributed by atoms with Gasteiger partial charge in [-0.1, -0.05) is 72.3 Å². The summed E-state index contributed by atoms with van der Waals surface area (Å²) < 4.78 is 0. The lowest BCUT2D eigenvalue weighted by Gasteiger charge is -2.31. The summed E-state index contributed by atoms with van der Waals surface area (Å²) in [7, 11) is 0. The van der Waals surface area contributed by atoms with E-state index < -0.39 is 17.4 Å². The molecule has 0 saturated carbocycles. The summed E-state index contributed by atoms with van der Waals surface area (Å²) >= 11 is 1.27. The van der Waals surface area contributed by atoms with Gasteiger partial charge in [-0.3, -0.25) is 15.0 Å². The van der Waals surface area contributed by atoms with Crippen LogP contribution < -0.4 is 10.4 Å². The van der Waals surface area contributed by atoms with E-state index in [1.807, 2.05) is 31.2 Å². The van der Waals surface area contributed by atoms with Crippen LogP contribution in [0.5, 0.6) is 0 Å². The molecule has 2 amide bonds. The molecule has 0 spiro atoms. The number of benzene rings is 3. The first kappa shape index (κ1) is 21.5. The zero-order valence-electron chi connectivity index (χ0n) is 17.4. The van der Waals surface area contributed by atoms with Crippen LogP contribution >= 0.6 is 11.3 Å². The number of anilines is 1. The lowest BCUT2D eigenvalue weighted by atomic mass is 9.91. The van der Waals surface area contributed by atoms with Gasteiger partial charge in [0.2, 0.25) is 5.60 Å². The second-order valence-corrected chi connectivity index (χ2v) is 8.28. The Kier molecular flexibility index (Phi) is 6.16. The second kappa shape index (κ2) is 9.18. The Morgan fingerprint density at radius 3 is 2.06 bits per heavy atom. The summed E-state index contributed by atoms with van der Waals surface area (Å²) in [6.07, 6.45) is 0. The number of thiophene rings is 1. The Bertz CT molecular complexity index is 1190. The van der Waals surface area contributed by atoms with Gasteiger partial charge in [-0.25, -0.2) is 5.01 Å². The highest BCUT2D eigenvalue weighted by Gasteiger charge is 2.42. The Morgan fingerprint density at radius 1 is 0.844 bits per heavy atom. The number of nitrogens with one attached hydrogen (secondary N) is 1. The molecular weight excluding hydrogens is 420 g/mol. The van der Waals surface area contributed by atoms with Crippen molar-refractivity contribution < 1.29 is 14.7 Å². The van der Waals surface area contributed by atoms with Gasteiger partial charge in [0.15, 0.2) is 0 Å². The van der Waals surface area contributed by atoms with Gasteiger partial charge in [0.05, 0.1) is 10.6 Å². The fourth-order valence-electron chi connectivity index (χ4n) is 3.37. The highest BCUT2D eigenvalue weighted by atomic mass is 32.1. The van der Waals surface area contributed by atoms with Crippen LogP contribution in [0.3, 0.4) is 0 Å². The van der Waals surface area contributed by atoms with Gasteiger partial charge in [-0.05, 0) is 48.2 Å². The molecule has 0 radical (unpaired) electrons. The standard InChI is InChI=1S/C26H22N2O3S/c1-19-14-16-22(17-15-19)28(24(29)20-9-4-2-5-10-20)27-25(30)26(31,23-13-8-18-32-23)21-11-6-3-7-12-21/h2-18,31H,1H3,(H,27,30)/t26-/m1/s1. The molecule has 6 heteroatoms. The zero-order chi connectivity index (χ0) is 22.6. The predicted octanol–water partition coefficient (Wildman–Crippen LogP) is 4.67. The second-order valence-electron chi connectivity index (χ2n) is 7.34. The Labute approximate surface area is 190 Å². The van der Waals surface area contributed by atoms with Gasteiger partial charge in [-0.15, -0.1) is 11.3 Å². The van der Waals surface area contributed by atoms with E-state index in [1.54, 1.807) is 78.2 Å². The number of hydrazine groups is 1. The number of nitrogens with zero attached hydrogens (tertiary/aromatic N) is 1. The molecule has 0 aliphatic rings. The quantitative estimate of drug-likeness (QED) is 0.441. The van der Waals surface area contributed by atoms with Gasteiger partial charge in [0.25, 0.3) is 11.8 Å². The van der Waals surface area contributed by atoms with Gasteiger partial charge in [-0.2, -0.15) is 0 Å². The predicted molar refractivity (Wildman–Crippen MR) is 126 cm³/mol. The maximum absolute atomic E-state index is 13.6. The normalized spacial score (nSPS) is 12.6. The molecule has 1 aromatic heterocycles. The lowest BCUT2D eigenvalue weighted by molar-refractivity contribution is -0.136. The van der Waals surface area contributed by atoms with E-state index in [0.29, 0.717) is 21.7 Å². The maximum Gasteiger partial charge on any atom is 0.281 e. The number of carbonyl (C=O) groups excluding carboxylic acids is 2. The van der Waals surface area contributed by atoms with Crippen LogP contribution in [0, 0.1) is 6.92 Å². The van der Waals surface area contributed by atoms with Crippen molar-refractivity contribution in [2.24, 2.45) is 0 Å². The van der Waals surface area contributed by atoms with Crippen molar-refractivity contribution in [2.75, 3.05) is 5.01 Å². The highest BCUT2D eigenvalue weighted by molar-refractivity contribution is 7.10. The summed E-state index contributed by atoms with van der Waals surface area (Å²) in [6.45, 7) is 1.94. The van der Waals surface area contributed by atoms with Crippen molar-refractivity contribution >= 4 is 28.8 Å². The van der Waals surface area contributed by atoms with Crippen LogP contribution in [-0.2, 0) is 10.4 Å². The molecule has 0 saturated heterocycles. The Morgan fingerprint density at radius 2 is 1.47 bits per heavy atom. The average Bonchev–Trinajstić information content (AvgIpc) is 3.39. The number of carbonyl (C=O) groups is 2. The van der Waals surface area contributed by atoms with E-state index in [2.05, 4.69) is 5.43 Å². The monoisotopic (exact) mass is 442 g/mol. The minimum Gasteiger partial charge on any atom is -0.371 e. The van der Waals surface area contributed by atoms with E-state index in [1.165, 1.54) is 16.3 Å². The van der Waals surface area contributed by atoms with Crippen molar-refractivity contribution in [1.82, 2.24) is 5.43 Å². The van der Waals surface area contributed by atoms with Crippen molar-refractivity contribution in [3.8, 4) is 0 Å². The Balaban J connectivity index is 1.76. The topological polar surface area (TPSA) is 69.6 Å². The molecule has 3 aromatic carbocycles. The van der Waals surface area contributed by atoms with Crippen molar-refractivity contribution in [1.29, 1.82) is 0 Å². The summed E-state index contributed by atoms with van der Waals surface area (Å²) in [5.41, 5.74) is 3.05. The smallest absolute Gasteiger partial charge is 0.281 e. The molecule has 5 nitrogen and oxygen atoms in total. The van der Waals surface area contributed by atoms with Crippen LogP contribution in [0.15, 0.2) is 102 Å². The molecule has 0 aliphatic heterocycles. The fourth-order valence-corrected chi connectivity index (χ4v) is 4.21. The van der Waals surface area contributed by atoms with E-state index in [-0.39, 0.29) is 0 Å². The third-order valence-electron chi connectivity index (χ3n) is 5.13. The van der Waals surface area contributed by atoms with Crippen molar-refractivity contribution in [3.05, 3.63) is 124 Å². The lowest BCUT2D eigenvalue weighted by Crippen LogP contribution is -2.54. The van der Waals surface area contributed by atoms with E-state index in [0.717, 1.165) is 5.56 Å². The molecule has 160 valence electrons. The van der Waals surface area contributed by atoms with Crippen molar-refractivity contribution in [2.45, 2.75) is 12.5 Å². The van der Waals surface area contributed by atoms with Crippen LogP contribution in [0.2, 0.25) is 0 Å². The van der Waals surface area contributed by atoms with Gasteiger partial charge < -0.3 is 5.11 Å². The number of hydrogen-bond acceptors (Lipinski definition) is 4. The first-order valence-electron chi connectivity index (χ1n) is 10.1. The maximum atomic E-state index is 13.6. The first-order chi connectivity index (χ1) is 15.5. The highest BCUT2D eigenvalue weighted by Crippen LogP contribution is 2.33. The first-order valence-corrected chi connectivity index (χ1v) is 11.0. The summed E-state index contributed by atoms with van der Waals surface area (Å²) in [4.78, 5) is 27.4. The van der Waals surface area contributed by atoms with E-state index in [9.17, 15) is 14.7 Å². The molecule has 0 unspecified atom stereocenters. The Hall–Kier alpha value is -3.74. The average molecular weight is 443 g/mol. The van der Waals surface area contributed by atoms with E-state index in [4.69, 9.17) is 0 Å². The van der Waals surface area contributed by atoms with Crippen LogP contribution in [0.25, 0.3) is 0 Å². The number of aliphatic hydroxyl groups is 1. The number of aryl methyl sites for hydroxylation is 1. The number of amides is 2. The minimum absolute atomic E-state index is 0.410. The largest absolute Gasteiger partial charge is 0.371 e. The van der Waals surface area contributed by atoms with Gasteiger partial charge in [0, 0.05) is 5.56 Å². The van der Waals surface area contributed by atoms with E-state index >= 15 is 0 Å². The zero-order valence-corrected chi connectivity index (χ0v) is 18.3. The molecule has 4 rings (SSSR count). The van der Waals surface area contributed by atoms with Gasteiger partial charge >= 0.3 is 0 Å². The number of rotatable bonds is 5. The third-order valence-corrected chi connectivity index (χ3v) is 6.11. The molecular formula is C26H22N2O3S. The summed E-state index contributed by atoms with van der Waals surface area (Å²) in [6, 6.07) is 28.1. The number of hydrogen-bond donors (Lipinski definition) is 2. The summed E-state index contributed by atoms with van der Waals surface area (Å²) in [5.74, 6) is -1.14. The van der Waals surface area contributed by atoms with Gasteiger partial charge in [0.1, 0.15) is 0 Å². The molecule has 0 aliphatic carbocycles. The fraction of sp³-hybridized carbons (Fsp3) is 0.0769. The molecule has 2 N–H and O–H groups in total. The molecule has 1 atom stereocenters.